The molecule has 0 saturated carbocycles. The van der Waals surface area contributed by atoms with Crippen molar-refractivity contribution in [2.24, 2.45) is 0 Å². The van der Waals surface area contributed by atoms with Crippen LogP contribution in [0.2, 0.25) is 5.02 Å². The lowest BCUT2D eigenvalue weighted by atomic mass is 10.2. The van der Waals surface area contributed by atoms with Crippen molar-refractivity contribution >= 4 is 33.4 Å². The Labute approximate surface area is 115 Å². The van der Waals surface area contributed by atoms with Crippen LogP contribution in [0.3, 0.4) is 0 Å². The molecular weight excluding hydrogens is 304 g/mol. The second-order valence-corrected chi connectivity index (χ2v) is 5.34. The van der Waals surface area contributed by atoms with E-state index >= 15 is 0 Å². The van der Waals surface area contributed by atoms with Gasteiger partial charge in [0.05, 0.1) is 11.6 Å². The van der Waals surface area contributed by atoms with Crippen molar-refractivity contribution in [2.75, 3.05) is 6.54 Å². The Morgan fingerprint density at radius 2 is 2.18 bits per heavy atom. The lowest BCUT2D eigenvalue weighted by Crippen LogP contribution is -2.37. The topological polar surface area (TPSA) is 41.1 Å². The minimum atomic E-state index is 0.00743. The first-order valence-electron chi connectivity index (χ1n) is 5.43. The molecule has 3 nitrogen and oxygen atoms in total. The van der Waals surface area contributed by atoms with E-state index in [0.29, 0.717) is 18.1 Å². The summed E-state index contributed by atoms with van der Waals surface area (Å²) in [4.78, 5) is 11.4. The van der Waals surface area contributed by atoms with Gasteiger partial charge in [0.1, 0.15) is 0 Å². The van der Waals surface area contributed by atoms with Crippen molar-refractivity contribution in [2.45, 2.75) is 26.4 Å². The Morgan fingerprint density at radius 3 is 2.76 bits per heavy atom. The highest BCUT2D eigenvalue weighted by Crippen LogP contribution is 2.22. The highest BCUT2D eigenvalue weighted by Gasteiger charge is 2.03. The summed E-state index contributed by atoms with van der Waals surface area (Å²) in [6.45, 7) is 4.84. The number of benzene rings is 1. The summed E-state index contributed by atoms with van der Waals surface area (Å²) in [5.74, 6) is 0.00743. The van der Waals surface area contributed by atoms with Crippen LogP contribution >= 0.6 is 27.5 Å². The minimum Gasteiger partial charge on any atom is -0.353 e. The predicted molar refractivity (Wildman–Crippen MR) is 74.1 cm³/mol. The molecule has 0 fully saturated rings. The highest BCUT2D eigenvalue weighted by molar-refractivity contribution is 9.10. The fraction of sp³-hybridized carbons (Fsp3) is 0.417. The summed E-state index contributed by atoms with van der Waals surface area (Å²) >= 11 is 9.25. The van der Waals surface area contributed by atoms with Gasteiger partial charge < -0.3 is 10.6 Å². The van der Waals surface area contributed by atoms with Crippen molar-refractivity contribution in [3.05, 3.63) is 33.3 Å². The molecule has 0 aromatic heterocycles. The van der Waals surface area contributed by atoms with Crippen LogP contribution in [0.1, 0.15) is 19.4 Å². The van der Waals surface area contributed by atoms with Crippen LogP contribution < -0.4 is 10.6 Å². The van der Waals surface area contributed by atoms with Crippen LogP contribution in [0.15, 0.2) is 22.7 Å². The van der Waals surface area contributed by atoms with Gasteiger partial charge in [0.15, 0.2) is 0 Å². The van der Waals surface area contributed by atoms with Crippen molar-refractivity contribution in [3.8, 4) is 0 Å². The normalized spacial score (nSPS) is 10.6. The molecule has 1 aromatic rings. The van der Waals surface area contributed by atoms with Crippen LogP contribution in [-0.2, 0) is 11.3 Å². The predicted octanol–water partition coefficient (Wildman–Crippen LogP) is 2.72. The van der Waals surface area contributed by atoms with E-state index in [4.69, 9.17) is 11.6 Å². The zero-order valence-corrected chi connectivity index (χ0v) is 12.2. The second-order valence-electron chi connectivity index (χ2n) is 4.07. The summed E-state index contributed by atoms with van der Waals surface area (Å²) in [6.07, 6.45) is 0. The molecular formula is C12H16BrClN2O. The maximum Gasteiger partial charge on any atom is 0.234 e. The molecule has 1 rings (SSSR count). The zero-order chi connectivity index (χ0) is 12.8. The van der Waals surface area contributed by atoms with Crippen molar-refractivity contribution in [1.82, 2.24) is 10.6 Å². The number of carbonyl (C=O) groups excluding carboxylic acids is 1. The zero-order valence-electron chi connectivity index (χ0n) is 9.89. The minimum absolute atomic E-state index is 0.00743. The van der Waals surface area contributed by atoms with Crippen LogP contribution in [0.25, 0.3) is 0 Å². The molecule has 0 atom stereocenters. The van der Waals surface area contributed by atoms with E-state index in [2.05, 4.69) is 26.6 Å². The molecule has 0 aliphatic rings. The molecule has 2 N–H and O–H groups in total. The van der Waals surface area contributed by atoms with E-state index in [1.807, 2.05) is 32.0 Å². The van der Waals surface area contributed by atoms with Crippen molar-refractivity contribution in [1.29, 1.82) is 0 Å². The number of hydrogen-bond donors (Lipinski definition) is 2. The van der Waals surface area contributed by atoms with Gasteiger partial charge in [0, 0.05) is 17.1 Å². The van der Waals surface area contributed by atoms with Gasteiger partial charge >= 0.3 is 0 Å². The van der Waals surface area contributed by atoms with Crippen molar-refractivity contribution < 1.29 is 4.79 Å². The Morgan fingerprint density at radius 1 is 1.47 bits per heavy atom. The number of amides is 1. The maximum absolute atomic E-state index is 11.4. The lowest BCUT2D eigenvalue weighted by Gasteiger charge is -2.09. The van der Waals surface area contributed by atoms with Crippen LogP contribution in [0.5, 0.6) is 0 Å². The molecule has 1 amide bonds. The van der Waals surface area contributed by atoms with Gasteiger partial charge in [-0.15, -0.1) is 0 Å². The van der Waals surface area contributed by atoms with Crippen LogP contribution in [0.4, 0.5) is 0 Å². The van der Waals surface area contributed by atoms with E-state index in [1.54, 1.807) is 0 Å². The average Bonchev–Trinajstić information content (AvgIpc) is 2.22. The summed E-state index contributed by atoms with van der Waals surface area (Å²) in [5, 5.41) is 6.58. The monoisotopic (exact) mass is 318 g/mol. The fourth-order valence-electron chi connectivity index (χ4n) is 1.34. The maximum atomic E-state index is 11.4. The lowest BCUT2D eigenvalue weighted by molar-refractivity contribution is -0.120. The molecule has 0 unspecified atom stereocenters. The van der Waals surface area contributed by atoms with Crippen LogP contribution in [0, 0.1) is 0 Å². The molecule has 1 aromatic carbocycles. The third-order valence-corrected chi connectivity index (χ3v) is 3.26. The molecule has 0 saturated heterocycles. The number of nitrogens with one attached hydrogen (secondary N) is 2. The quantitative estimate of drug-likeness (QED) is 0.876. The molecule has 0 heterocycles. The van der Waals surface area contributed by atoms with Gasteiger partial charge in [-0.3, -0.25) is 4.79 Å². The van der Waals surface area contributed by atoms with Gasteiger partial charge in [0.2, 0.25) is 5.91 Å². The molecule has 0 spiro atoms. The van der Waals surface area contributed by atoms with Gasteiger partial charge in [-0.25, -0.2) is 0 Å². The van der Waals surface area contributed by atoms with Crippen LogP contribution in [-0.4, -0.2) is 18.5 Å². The standard InChI is InChI=1S/C12H16BrClN2O/c1-8(2)16-12(17)7-15-6-9-3-4-11(14)10(13)5-9/h3-5,8,15H,6-7H2,1-2H3,(H,16,17). The number of carbonyl (C=O) groups is 1. The fourth-order valence-corrected chi connectivity index (χ4v) is 1.89. The molecule has 0 aliphatic carbocycles. The van der Waals surface area contributed by atoms with E-state index in [0.717, 1.165) is 10.0 Å². The Kier molecular flexibility index (Phi) is 5.95. The SMILES string of the molecule is CC(C)NC(=O)CNCc1ccc(Cl)c(Br)c1. The van der Waals surface area contributed by atoms with E-state index in [1.165, 1.54) is 0 Å². The largest absolute Gasteiger partial charge is 0.353 e. The molecule has 5 heteroatoms. The summed E-state index contributed by atoms with van der Waals surface area (Å²) < 4.78 is 0.866. The summed E-state index contributed by atoms with van der Waals surface area (Å²) in [6, 6.07) is 5.88. The Hall–Kier alpha value is -0.580. The average molecular weight is 320 g/mol. The van der Waals surface area contributed by atoms with Gasteiger partial charge in [-0.2, -0.15) is 0 Å². The van der Waals surface area contributed by atoms with Gasteiger partial charge in [0.25, 0.3) is 0 Å². The van der Waals surface area contributed by atoms with E-state index in [-0.39, 0.29) is 11.9 Å². The summed E-state index contributed by atoms with van der Waals surface area (Å²) in [7, 11) is 0. The molecule has 0 aliphatic heterocycles. The Bertz CT molecular complexity index is 396. The molecule has 0 bridgehead atoms. The first kappa shape index (κ1) is 14.5. The molecule has 0 radical (unpaired) electrons. The first-order chi connectivity index (χ1) is 7.99. The van der Waals surface area contributed by atoms with E-state index < -0.39 is 0 Å². The Balaban J connectivity index is 2.36. The smallest absolute Gasteiger partial charge is 0.234 e. The van der Waals surface area contributed by atoms with Crippen molar-refractivity contribution in [3.63, 3.8) is 0 Å². The second kappa shape index (κ2) is 6.99. The third-order valence-electron chi connectivity index (χ3n) is 2.05. The molecule has 94 valence electrons. The van der Waals surface area contributed by atoms with Gasteiger partial charge in [-0.1, -0.05) is 17.7 Å². The number of hydrogen-bond acceptors (Lipinski definition) is 2. The summed E-state index contributed by atoms with van der Waals surface area (Å²) in [5.41, 5.74) is 1.08. The number of rotatable bonds is 5. The highest BCUT2D eigenvalue weighted by atomic mass is 79.9. The molecule has 17 heavy (non-hydrogen) atoms. The first-order valence-corrected chi connectivity index (χ1v) is 6.60. The van der Waals surface area contributed by atoms with E-state index in [9.17, 15) is 4.79 Å². The van der Waals surface area contributed by atoms with Gasteiger partial charge in [-0.05, 0) is 47.5 Å². The number of halogens is 2. The third kappa shape index (κ3) is 5.52.